The lowest BCUT2D eigenvalue weighted by atomic mass is 10.2. The van der Waals surface area contributed by atoms with Crippen molar-refractivity contribution in [2.75, 3.05) is 32.1 Å². The number of nitrogens with zero attached hydrogens (tertiary/aromatic N) is 5. The molecule has 0 saturated heterocycles. The third-order valence-electron chi connectivity index (χ3n) is 4.70. The molecule has 0 radical (unpaired) electrons. The third kappa shape index (κ3) is 4.25. The summed E-state index contributed by atoms with van der Waals surface area (Å²) in [5.41, 5.74) is 3.57. The van der Waals surface area contributed by atoms with Crippen molar-refractivity contribution in [1.82, 2.24) is 19.7 Å². The molecule has 2 aromatic heterocycles. The number of anilines is 1. The Balaban J connectivity index is 1.96. The van der Waals surface area contributed by atoms with Crippen LogP contribution in [0, 0.1) is 13.8 Å². The van der Waals surface area contributed by atoms with Crippen molar-refractivity contribution in [2.45, 2.75) is 40.2 Å². The fourth-order valence-corrected chi connectivity index (χ4v) is 4.34. The Morgan fingerprint density at radius 1 is 1.21 bits per heavy atom. The molecule has 0 saturated carbocycles. The second-order valence-corrected chi connectivity index (χ2v) is 8.75. The summed E-state index contributed by atoms with van der Waals surface area (Å²) in [5, 5.41) is 5.30. The molecule has 6 nitrogen and oxygen atoms in total. The summed E-state index contributed by atoms with van der Waals surface area (Å²) in [6.07, 6.45) is 0.873. The molecule has 0 unspecified atom stereocenters. The number of para-hydroxylation sites is 1. The molecule has 28 heavy (non-hydrogen) atoms. The van der Waals surface area contributed by atoms with E-state index in [-0.39, 0.29) is 11.9 Å². The van der Waals surface area contributed by atoms with Gasteiger partial charge in [0.15, 0.2) is 10.8 Å². The first-order chi connectivity index (χ1) is 13.3. The summed E-state index contributed by atoms with van der Waals surface area (Å²) in [6.45, 7) is 9.70. The fraction of sp³-hybridized carbons (Fsp3) is 0.476. The maximum absolute atomic E-state index is 13.4. The van der Waals surface area contributed by atoms with Crippen molar-refractivity contribution in [3.63, 3.8) is 0 Å². The quantitative estimate of drug-likeness (QED) is 0.595. The number of carbonyl (C=O) groups is 1. The second-order valence-electron chi connectivity index (χ2n) is 7.74. The number of benzene rings is 1. The van der Waals surface area contributed by atoms with Gasteiger partial charge in [-0.3, -0.25) is 14.4 Å². The van der Waals surface area contributed by atoms with Crippen LogP contribution in [0.25, 0.3) is 10.2 Å². The minimum absolute atomic E-state index is 0.0852. The van der Waals surface area contributed by atoms with Crippen molar-refractivity contribution in [1.29, 1.82) is 0 Å². The van der Waals surface area contributed by atoms with E-state index in [9.17, 15) is 4.79 Å². The standard InChI is InChI=1S/C21H29N5OS/c1-14(2)26-16(4)13-17(23-26)20(27)25(12-8-11-24(5)6)21-22-19-15(3)9-7-10-18(19)28-21/h7,9-10,13-14H,8,11-12H2,1-6H3. The van der Waals surface area contributed by atoms with E-state index in [1.807, 2.05) is 37.8 Å². The van der Waals surface area contributed by atoms with E-state index in [4.69, 9.17) is 4.98 Å². The predicted molar refractivity (Wildman–Crippen MR) is 117 cm³/mol. The number of carbonyl (C=O) groups excluding carboxylic acids is 1. The molecule has 3 aromatic rings. The molecule has 0 aliphatic carbocycles. The Morgan fingerprint density at radius 3 is 2.57 bits per heavy atom. The zero-order valence-electron chi connectivity index (χ0n) is 17.6. The maximum Gasteiger partial charge on any atom is 0.280 e. The maximum atomic E-state index is 13.4. The molecule has 0 aliphatic rings. The molecule has 0 aliphatic heterocycles. The average molecular weight is 400 g/mol. The van der Waals surface area contributed by atoms with Crippen LogP contribution >= 0.6 is 11.3 Å². The number of fused-ring (bicyclic) bond motifs is 1. The van der Waals surface area contributed by atoms with Gasteiger partial charge in [0.25, 0.3) is 5.91 Å². The van der Waals surface area contributed by atoms with Crippen LogP contribution in [-0.2, 0) is 0 Å². The van der Waals surface area contributed by atoms with Gasteiger partial charge >= 0.3 is 0 Å². The van der Waals surface area contributed by atoms with Gasteiger partial charge in [-0.25, -0.2) is 4.98 Å². The van der Waals surface area contributed by atoms with E-state index in [1.54, 1.807) is 16.2 Å². The van der Waals surface area contributed by atoms with E-state index >= 15 is 0 Å². The molecule has 0 N–H and O–H groups in total. The van der Waals surface area contributed by atoms with Gasteiger partial charge in [-0.1, -0.05) is 23.5 Å². The molecule has 0 spiro atoms. The lowest BCUT2D eigenvalue weighted by Crippen LogP contribution is -2.33. The van der Waals surface area contributed by atoms with Crippen molar-refractivity contribution in [3.8, 4) is 0 Å². The predicted octanol–water partition coefficient (Wildman–Crippen LogP) is 4.29. The smallest absolute Gasteiger partial charge is 0.280 e. The van der Waals surface area contributed by atoms with Crippen molar-refractivity contribution >= 4 is 32.6 Å². The number of rotatable bonds is 7. The molecular formula is C21H29N5OS. The molecule has 0 atom stereocenters. The Morgan fingerprint density at radius 2 is 1.96 bits per heavy atom. The minimum atomic E-state index is -0.0852. The van der Waals surface area contributed by atoms with Crippen LogP contribution in [0.4, 0.5) is 5.13 Å². The van der Waals surface area contributed by atoms with E-state index in [2.05, 4.69) is 42.9 Å². The summed E-state index contributed by atoms with van der Waals surface area (Å²) in [7, 11) is 4.09. The van der Waals surface area contributed by atoms with E-state index in [0.29, 0.717) is 12.2 Å². The zero-order valence-corrected chi connectivity index (χ0v) is 18.4. The highest BCUT2D eigenvalue weighted by Gasteiger charge is 2.24. The zero-order chi connectivity index (χ0) is 20.4. The first-order valence-electron chi connectivity index (χ1n) is 9.67. The highest BCUT2D eigenvalue weighted by Crippen LogP contribution is 2.31. The first-order valence-corrected chi connectivity index (χ1v) is 10.5. The van der Waals surface area contributed by atoms with Crippen LogP contribution in [0.2, 0.25) is 0 Å². The van der Waals surface area contributed by atoms with Gasteiger partial charge < -0.3 is 4.90 Å². The molecule has 1 aromatic carbocycles. The number of hydrogen-bond acceptors (Lipinski definition) is 5. The highest BCUT2D eigenvalue weighted by atomic mass is 32.1. The molecule has 3 rings (SSSR count). The SMILES string of the molecule is Cc1cccc2sc(N(CCCN(C)C)C(=O)c3cc(C)n(C(C)C)n3)nc12. The number of thiazole rings is 1. The third-order valence-corrected chi connectivity index (χ3v) is 5.75. The fourth-order valence-electron chi connectivity index (χ4n) is 3.27. The topological polar surface area (TPSA) is 54.3 Å². The van der Waals surface area contributed by atoms with Gasteiger partial charge in [0.05, 0.1) is 10.2 Å². The molecule has 150 valence electrons. The van der Waals surface area contributed by atoms with Crippen LogP contribution in [0.3, 0.4) is 0 Å². The Bertz CT molecular complexity index is 972. The van der Waals surface area contributed by atoms with Crippen LogP contribution in [0.15, 0.2) is 24.3 Å². The lowest BCUT2D eigenvalue weighted by molar-refractivity contribution is 0.0980. The monoisotopic (exact) mass is 399 g/mol. The van der Waals surface area contributed by atoms with Crippen LogP contribution in [0.1, 0.15) is 48.1 Å². The summed E-state index contributed by atoms with van der Waals surface area (Å²) >= 11 is 1.56. The largest absolute Gasteiger partial charge is 0.309 e. The van der Waals surface area contributed by atoms with Crippen molar-refractivity contribution < 1.29 is 4.79 Å². The average Bonchev–Trinajstić information content (AvgIpc) is 3.22. The Labute approximate surface area is 170 Å². The summed E-state index contributed by atoms with van der Waals surface area (Å²) in [4.78, 5) is 22.1. The van der Waals surface area contributed by atoms with Crippen molar-refractivity contribution in [2.24, 2.45) is 0 Å². The van der Waals surface area contributed by atoms with Gasteiger partial charge in [0, 0.05) is 18.3 Å². The molecule has 2 heterocycles. The van der Waals surface area contributed by atoms with Crippen LogP contribution in [-0.4, -0.2) is 52.8 Å². The van der Waals surface area contributed by atoms with Gasteiger partial charge in [-0.15, -0.1) is 0 Å². The van der Waals surface area contributed by atoms with Gasteiger partial charge in [0.2, 0.25) is 0 Å². The summed E-state index contributed by atoms with van der Waals surface area (Å²) < 4.78 is 3.00. The summed E-state index contributed by atoms with van der Waals surface area (Å²) in [5.74, 6) is -0.0852. The minimum Gasteiger partial charge on any atom is -0.309 e. The number of aryl methyl sites for hydroxylation is 2. The Kier molecular flexibility index (Phi) is 6.15. The lowest BCUT2D eigenvalue weighted by Gasteiger charge is -2.20. The van der Waals surface area contributed by atoms with E-state index < -0.39 is 0 Å². The second kappa shape index (κ2) is 8.41. The first kappa shape index (κ1) is 20.5. The van der Waals surface area contributed by atoms with Gasteiger partial charge in [0.1, 0.15) is 0 Å². The molecule has 0 bridgehead atoms. The highest BCUT2D eigenvalue weighted by molar-refractivity contribution is 7.22. The van der Waals surface area contributed by atoms with Crippen molar-refractivity contribution in [3.05, 3.63) is 41.2 Å². The molecule has 7 heteroatoms. The number of amides is 1. The number of hydrogen-bond donors (Lipinski definition) is 0. The van der Waals surface area contributed by atoms with Crippen LogP contribution in [0.5, 0.6) is 0 Å². The van der Waals surface area contributed by atoms with E-state index in [0.717, 1.165) is 39.6 Å². The normalized spacial score (nSPS) is 11.7. The number of aromatic nitrogens is 3. The Hall–Kier alpha value is -2.25. The van der Waals surface area contributed by atoms with Crippen LogP contribution < -0.4 is 4.90 Å². The molecule has 0 fully saturated rings. The van der Waals surface area contributed by atoms with Gasteiger partial charge in [-0.2, -0.15) is 5.10 Å². The summed E-state index contributed by atoms with van der Waals surface area (Å²) in [6, 6.07) is 8.24. The van der Waals surface area contributed by atoms with Gasteiger partial charge in [-0.05, 0) is 72.5 Å². The molecule has 1 amide bonds. The van der Waals surface area contributed by atoms with E-state index in [1.165, 1.54) is 0 Å². The molecular weight excluding hydrogens is 370 g/mol.